The highest BCUT2D eigenvalue weighted by molar-refractivity contribution is 9.10. The van der Waals surface area contributed by atoms with E-state index >= 15 is 0 Å². The van der Waals surface area contributed by atoms with Crippen molar-refractivity contribution in [1.29, 1.82) is 0 Å². The fourth-order valence-corrected chi connectivity index (χ4v) is 2.78. The second-order valence-corrected chi connectivity index (χ2v) is 6.40. The van der Waals surface area contributed by atoms with E-state index < -0.39 is 23.3 Å². The van der Waals surface area contributed by atoms with Gasteiger partial charge >= 0.3 is 11.8 Å². The molecule has 9 heteroatoms. The largest absolute Gasteiger partial charge is 0.484 e. The number of carbonyl (C=O) groups is 1. The fraction of sp³-hybridized carbons (Fsp3) is 0.111. The van der Waals surface area contributed by atoms with Crippen molar-refractivity contribution < 1.29 is 27.1 Å². The van der Waals surface area contributed by atoms with E-state index in [9.17, 15) is 22.8 Å². The molecule has 140 valence electrons. The zero-order valence-electron chi connectivity index (χ0n) is 13.5. The van der Waals surface area contributed by atoms with Crippen molar-refractivity contribution in [3.63, 3.8) is 0 Å². The van der Waals surface area contributed by atoms with Crippen LogP contribution < -0.4 is 15.7 Å². The van der Waals surface area contributed by atoms with Crippen LogP contribution in [0, 0.1) is 0 Å². The molecule has 0 unspecified atom stereocenters. The molecular weight excluding hydrogens is 431 g/mol. The average molecular weight is 442 g/mol. The summed E-state index contributed by atoms with van der Waals surface area (Å²) in [7, 11) is 0. The highest BCUT2D eigenvalue weighted by atomic mass is 79.9. The third-order valence-corrected chi connectivity index (χ3v) is 3.99. The van der Waals surface area contributed by atoms with E-state index in [0.717, 1.165) is 16.6 Å². The molecule has 3 rings (SSSR count). The molecule has 0 aliphatic heterocycles. The molecule has 5 nitrogen and oxygen atoms in total. The van der Waals surface area contributed by atoms with Crippen LogP contribution in [0.5, 0.6) is 5.75 Å². The molecule has 0 radical (unpaired) electrons. The standard InChI is InChI=1S/C18H11BrF3NO4/c19-10-2-1-3-11(6-10)23-16(24)9-26-12-4-5-13-14(18(20,21)22)8-17(25)27-15(13)7-12/h1-8H,9H2,(H,23,24). The van der Waals surface area contributed by atoms with E-state index in [1.165, 1.54) is 6.07 Å². The maximum Gasteiger partial charge on any atom is 0.417 e. The Kier molecular flexibility index (Phi) is 5.22. The quantitative estimate of drug-likeness (QED) is 0.601. The molecule has 0 fully saturated rings. The van der Waals surface area contributed by atoms with Gasteiger partial charge in [-0.05, 0) is 30.3 Å². The lowest BCUT2D eigenvalue weighted by molar-refractivity contribution is -0.136. The van der Waals surface area contributed by atoms with Crippen molar-refractivity contribution in [2.45, 2.75) is 6.18 Å². The average Bonchev–Trinajstić information content (AvgIpc) is 2.58. The number of amides is 1. The fourth-order valence-electron chi connectivity index (χ4n) is 2.38. The van der Waals surface area contributed by atoms with Crippen LogP contribution >= 0.6 is 15.9 Å². The van der Waals surface area contributed by atoms with Crippen molar-refractivity contribution in [3.05, 3.63) is 69.0 Å². The van der Waals surface area contributed by atoms with Gasteiger partial charge in [0.2, 0.25) is 0 Å². The van der Waals surface area contributed by atoms with Gasteiger partial charge < -0.3 is 14.5 Å². The maximum atomic E-state index is 13.0. The van der Waals surface area contributed by atoms with Crippen molar-refractivity contribution >= 4 is 38.5 Å². The second-order valence-electron chi connectivity index (χ2n) is 5.48. The molecule has 2 aromatic carbocycles. The molecule has 0 bridgehead atoms. The summed E-state index contributed by atoms with van der Waals surface area (Å²) in [5.41, 5.74) is -1.94. The molecule has 1 amide bonds. The Morgan fingerprint density at radius 2 is 1.93 bits per heavy atom. The molecule has 27 heavy (non-hydrogen) atoms. The molecule has 0 saturated carbocycles. The number of benzene rings is 2. The first kappa shape index (κ1) is 19.0. The third kappa shape index (κ3) is 4.68. The molecule has 1 N–H and O–H groups in total. The number of rotatable bonds is 4. The van der Waals surface area contributed by atoms with Crippen molar-refractivity contribution in [2.75, 3.05) is 11.9 Å². The summed E-state index contributed by atoms with van der Waals surface area (Å²) >= 11 is 3.28. The van der Waals surface area contributed by atoms with Gasteiger partial charge in [-0.25, -0.2) is 4.79 Å². The number of alkyl halides is 3. The monoisotopic (exact) mass is 441 g/mol. The maximum absolute atomic E-state index is 13.0. The molecule has 0 saturated heterocycles. The highest BCUT2D eigenvalue weighted by Crippen LogP contribution is 2.34. The molecule has 0 spiro atoms. The minimum Gasteiger partial charge on any atom is -0.484 e. The molecule has 1 aromatic heterocycles. The number of halogens is 4. The number of anilines is 1. The van der Waals surface area contributed by atoms with E-state index in [1.54, 1.807) is 24.3 Å². The van der Waals surface area contributed by atoms with Crippen LogP contribution in [0.1, 0.15) is 5.56 Å². The lowest BCUT2D eigenvalue weighted by atomic mass is 10.1. The molecular formula is C18H11BrF3NO4. The van der Waals surface area contributed by atoms with Gasteiger partial charge in [0.25, 0.3) is 5.91 Å². The molecule has 3 aromatic rings. The number of fused-ring (bicyclic) bond motifs is 1. The van der Waals surface area contributed by atoms with Gasteiger partial charge in [0.05, 0.1) is 5.56 Å². The Bertz CT molecular complexity index is 1060. The molecule has 0 atom stereocenters. The van der Waals surface area contributed by atoms with Crippen LogP contribution in [0.2, 0.25) is 0 Å². The van der Waals surface area contributed by atoms with Gasteiger partial charge in [-0.3, -0.25) is 4.79 Å². The van der Waals surface area contributed by atoms with Gasteiger partial charge in [0, 0.05) is 27.7 Å². The van der Waals surface area contributed by atoms with Gasteiger partial charge in [-0.2, -0.15) is 13.2 Å². The summed E-state index contributed by atoms with van der Waals surface area (Å²) in [4.78, 5) is 23.3. The second kappa shape index (κ2) is 7.43. The summed E-state index contributed by atoms with van der Waals surface area (Å²) in [6.07, 6.45) is -4.69. The minimum absolute atomic E-state index is 0.0920. The highest BCUT2D eigenvalue weighted by Gasteiger charge is 2.33. The number of ether oxygens (including phenoxy) is 1. The van der Waals surface area contributed by atoms with Crippen LogP contribution in [-0.2, 0) is 11.0 Å². The van der Waals surface area contributed by atoms with Crippen molar-refractivity contribution in [1.82, 2.24) is 0 Å². The normalized spacial score (nSPS) is 11.4. The topological polar surface area (TPSA) is 68.5 Å². The number of carbonyl (C=O) groups excluding carboxylic acids is 1. The Hall–Kier alpha value is -2.81. The number of hydrogen-bond donors (Lipinski definition) is 1. The summed E-state index contributed by atoms with van der Waals surface area (Å²) in [5.74, 6) is -0.368. The smallest absolute Gasteiger partial charge is 0.417 e. The predicted molar refractivity (Wildman–Crippen MR) is 95.8 cm³/mol. The number of nitrogens with one attached hydrogen (secondary N) is 1. The minimum atomic E-state index is -4.69. The molecule has 1 heterocycles. The van der Waals surface area contributed by atoms with Gasteiger partial charge in [0.15, 0.2) is 6.61 Å². The first-order valence-electron chi connectivity index (χ1n) is 7.56. The van der Waals surface area contributed by atoms with E-state index in [1.807, 2.05) is 0 Å². The Balaban J connectivity index is 1.76. The lowest BCUT2D eigenvalue weighted by Crippen LogP contribution is -2.20. The van der Waals surface area contributed by atoms with Crippen molar-refractivity contribution in [3.8, 4) is 5.75 Å². The Morgan fingerprint density at radius 1 is 1.15 bits per heavy atom. The first-order valence-corrected chi connectivity index (χ1v) is 8.35. The first-order chi connectivity index (χ1) is 12.7. The SMILES string of the molecule is O=C(COc1ccc2c(C(F)(F)F)cc(=O)oc2c1)Nc1cccc(Br)c1. The Labute approximate surface area is 158 Å². The van der Waals surface area contributed by atoms with Gasteiger partial charge in [0.1, 0.15) is 11.3 Å². The zero-order valence-corrected chi connectivity index (χ0v) is 15.1. The van der Waals surface area contributed by atoms with Gasteiger partial charge in [-0.15, -0.1) is 0 Å². The van der Waals surface area contributed by atoms with E-state index in [-0.39, 0.29) is 23.3 Å². The van der Waals surface area contributed by atoms with E-state index in [2.05, 4.69) is 21.2 Å². The molecule has 0 aliphatic carbocycles. The lowest BCUT2D eigenvalue weighted by Gasteiger charge is -2.11. The summed E-state index contributed by atoms with van der Waals surface area (Å²) < 4.78 is 49.9. The van der Waals surface area contributed by atoms with Crippen LogP contribution in [0.25, 0.3) is 11.0 Å². The van der Waals surface area contributed by atoms with Crippen LogP contribution in [-0.4, -0.2) is 12.5 Å². The summed E-state index contributed by atoms with van der Waals surface area (Å²) in [5, 5.41) is 2.34. The van der Waals surface area contributed by atoms with Crippen LogP contribution in [0.4, 0.5) is 18.9 Å². The predicted octanol–water partition coefficient (Wildman–Crippen LogP) is 4.59. The molecule has 0 aliphatic rings. The zero-order chi connectivity index (χ0) is 19.6. The summed E-state index contributed by atoms with van der Waals surface area (Å²) in [6, 6.07) is 10.8. The number of hydrogen-bond acceptors (Lipinski definition) is 4. The van der Waals surface area contributed by atoms with E-state index in [4.69, 9.17) is 9.15 Å². The van der Waals surface area contributed by atoms with Crippen LogP contribution in [0.15, 0.2) is 62.2 Å². The van der Waals surface area contributed by atoms with Crippen molar-refractivity contribution in [2.24, 2.45) is 0 Å². The Morgan fingerprint density at radius 3 is 2.63 bits per heavy atom. The summed E-state index contributed by atoms with van der Waals surface area (Å²) in [6.45, 7) is -0.374. The van der Waals surface area contributed by atoms with E-state index in [0.29, 0.717) is 11.8 Å². The van der Waals surface area contributed by atoms with Crippen LogP contribution in [0.3, 0.4) is 0 Å². The third-order valence-electron chi connectivity index (χ3n) is 3.50. The van der Waals surface area contributed by atoms with Gasteiger partial charge in [-0.1, -0.05) is 22.0 Å².